The van der Waals surface area contributed by atoms with Crippen LogP contribution in [-0.2, 0) is 170 Å². The zero-order valence-electron chi connectivity index (χ0n) is 66.2. The lowest BCUT2D eigenvalue weighted by atomic mass is 9.96. The molecule has 0 spiro atoms. The van der Waals surface area contributed by atoms with Crippen LogP contribution in [0.2, 0.25) is 0 Å². The van der Waals surface area contributed by atoms with E-state index in [-0.39, 0.29) is 92.1 Å². The van der Waals surface area contributed by atoms with Crippen LogP contribution in [0.4, 0.5) is 0 Å². The van der Waals surface area contributed by atoms with Crippen molar-refractivity contribution in [3.05, 3.63) is 65.7 Å². The second kappa shape index (κ2) is 50.3. The quantitative estimate of drug-likeness (QED) is 0.0235. The van der Waals surface area contributed by atoms with Crippen LogP contribution in [0, 0.1) is 0 Å². The lowest BCUT2D eigenvalue weighted by Crippen LogP contribution is -2.66. The lowest BCUT2D eigenvalue weighted by Gasteiger charge is -2.44. The Bertz CT molecular complexity index is 3420. The van der Waals surface area contributed by atoms with Crippen molar-refractivity contribution in [2.45, 2.75) is 194 Å². The van der Waals surface area contributed by atoms with Crippen LogP contribution in [0.5, 0.6) is 5.75 Å². The standard InChI is InChI=1S/C74H105N7O34/c1-41(82)78-62-68(110-50(10)91)65(107-47(7)88)57(38-103-44(4)85)113-72(62)100-31-28-97-25-22-75-60(94)35-81(36-61(95)76-23-26-98-29-32-101-73-63(79-42(2)83)69(111-51(11)92)66(108-48(8)89)58(114-73)39-104-45(5)86)56(34-53-18-20-55(21-19-53)106-37-54-16-14-13-15-17-54)71(96)77-24-27-99-30-33-102-74-64(80-43(3)84)70(112-52(12)93)67(109-49(9)90)59(115-74)40-105-46(6)87/h13-21,56-59,62-70,72-74H,22-40H2,1-12H3,(H,75,94)(H,76,95)(H,77,96)(H,78,82)(H,79,83)(H,80,84). The third-order valence-corrected chi connectivity index (χ3v) is 16.5. The smallest absolute Gasteiger partial charge is 0.303 e. The molecule has 5 rings (SSSR count). The number of amides is 6. The lowest BCUT2D eigenvalue weighted by molar-refractivity contribution is -0.279. The summed E-state index contributed by atoms with van der Waals surface area (Å²) >= 11 is 0. The monoisotopic (exact) mass is 1640 g/mol. The number of nitrogens with zero attached hydrogens (tertiary/aromatic N) is 1. The second-order valence-electron chi connectivity index (χ2n) is 26.1. The summed E-state index contributed by atoms with van der Waals surface area (Å²) in [5, 5.41) is 16.1. The fourth-order valence-corrected chi connectivity index (χ4v) is 12.0. The predicted octanol–water partition coefficient (Wildman–Crippen LogP) is -2.10. The van der Waals surface area contributed by atoms with E-state index in [0.717, 1.165) is 67.9 Å². The first kappa shape index (κ1) is 95.5. The normalized spacial score (nSPS) is 23.2. The number of carbonyl (C=O) groups excluding carboxylic acids is 15. The van der Waals surface area contributed by atoms with E-state index in [1.54, 1.807) is 24.3 Å². The first-order valence-electron chi connectivity index (χ1n) is 36.8. The van der Waals surface area contributed by atoms with Gasteiger partial charge in [-0.25, -0.2) is 0 Å². The van der Waals surface area contributed by atoms with E-state index in [2.05, 4.69) is 31.9 Å². The predicted molar refractivity (Wildman–Crippen MR) is 388 cm³/mol. The fraction of sp³-hybridized carbons (Fsp3) is 0.635. The molecule has 115 heavy (non-hydrogen) atoms. The third-order valence-electron chi connectivity index (χ3n) is 16.5. The van der Waals surface area contributed by atoms with Gasteiger partial charge in [0.25, 0.3) is 0 Å². The molecule has 16 unspecified atom stereocenters. The molecular formula is C74H105N7O34. The molecule has 16 atom stereocenters. The Kier molecular flexibility index (Phi) is 41.7. The van der Waals surface area contributed by atoms with Gasteiger partial charge in [0.15, 0.2) is 55.5 Å². The average molecular weight is 1640 g/mol. The van der Waals surface area contributed by atoms with Gasteiger partial charge in [-0.15, -0.1) is 0 Å². The highest BCUT2D eigenvalue weighted by atomic mass is 16.7. The van der Waals surface area contributed by atoms with Gasteiger partial charge in [-0.05, 0) is 29.7 Å². The molecular weight excluding hydrogens is 1530 g/mol. The molecule has 0 bridgehead atoms. The minimum absolute atomic E-state index is 0.109. The van der Waals surface area contributed by atoms with Gasteiger partial charge >= 0.3 is 53.7 Å². The van der Waals surface area contributed by atoms with Crippen LogP contribution in [0.1, 0.15) is 94.2 Å². The number of benzene rings is 2. The highest BCUT2D eigenvalue weighted by Crippen LogP contribution is 2.32. The summed E-state index contributed by atoms with van der Waals surface area (Å²) in [6.45, 7) is 8.95. The topological polar surface area (TPSA) is 507 Å². The minimum Gasteiger partial charge on any atom is -0.489 e. The Balaban J connectivity index is 1.34. The van der Waals surface area contributed by atoms with Crippen molar-refractivity contribution >= 4 is 89.2 Å². The molecule has 3 aliphatic rings. The highest BCUT2D eigenvalue weighted by molar-refractivity contribution is 5.86. The van der Waals surface area contributed by atoms with Gasteiger partial charge in [-0.1, -0.05) is 42.5 Å². The maximum absolute atomic E-state index is 14.8. The maximum atomic E-state index is 14.8. The van der Waals surface area contributed by atoms with Gasteiger partial charge in [-0.2, -0.15) is 0 Å². The maximum Gasteiger partial charge on any atom is 0.303 e. The van der Waals surface area contributed by atoms with Gasteiger partial charge in [0.05, 0.1) is 78.6 Å². The summed E-state index contributed by atoms with van der Waals surface area (Å²) in [6, 6.07) is 11.1. The Hall–Kier alpha value is -10.1. The van der Waals surface area contributed by atoms with E-state index in [1.165, 1.54) is 25.7 Å². The second-order valence-corrected chi connectivity index (χ2v) is 26.1. The number of hydrogen-bond donors (Lipinski definition) is 6. The van der Waals surface area contributed by atoms with Gasteiger partial charge in [0.2, 0.25) is 35.4 Å². The zero-order valence-corrected chi connectivity index (χ0v) is 66.2. The van der Waals surface area contributed by atoms with Gasteiger partial charge in [-0.3, -0.25) is 76.8 Å². The van der Waals surface area contributed by atoms with Crippen molar-refractivity contribution in [3.63, 3.8) is 0 Å². The molecule has 2 aromatic rings. The van der Waals surface area contributed by atoms with Crippen LogP contribution in [0.25, 0.3) is 0 Å². The van der Waals surface area contributed by atoms with Crippen LogP contribution < -0.4 is 36.6 Å². The molecule has 0 aromatic heterocycles. The van der Waals surface area contributed by atoms with Crippen molar-refractivity contribution in [1.29, 1.82) is 0 Å². The number of carbonyl (C=O) groups is 15. The number of hydrogen-bond acceptors (Lipinski definition) is 35. The molecule has 0 radical (unpaired) electrons. The van der Waals surface area contributed by atoms with Crippen molar-refractivity contribution in [1.82, 2.24) is 36.8 Å². The largest absolute Gasteiger partial charge is 0.489 e. The minimum atomic E-state index is -1.41. The average Bonchev–Trinajstić information content (AvgIpc) is 0.798. The first-order valence-corrected chi connectivity index (χ1v) is 36.8. The van der Waals surface area contributed by atoms with Gasteiger partial charge in [0.1, 0.15) is 68.6 Å². The number of ether oxygens (including phenoxy) is 19. The van der Waals surface area contributed by atoms with Gasteiger partial charge in [0, 0.05) is 103 Å². The summed E-state index contributed by atoms with van der Waals surface area (Å²) in [5.74, 6) is -10.4. The van der Waals surface area contributed by atoms with E-state index in [1.807, 2.05) is 30.3 Å². The van der Waals surface area contributed by atoms with Crippen molar-refractivity contribution in [2.75, 3.05) is 112 Å². The molecule has 640 valence electrons. The summed E-state index contributed by atoms with van der Waals surface area (Å²) < 4.78 is 108. The molecule has 2 aromatic carbocycles. The Morgan fingerprint density at radius 2 is 0.687 bits per heavy atom. The Labute approximate surface area is 663 Å². The summed E-state index contributed by atoms with van der Waals surface area (Å²) in [5.41, 5.74) is 1.46. The van der Waals surface area contributed by atoms with E-state index in [9.17, 15) is 71.9 Å². The summed E-state index contributed by atoms with van der Waals surface area (Å²) in [7, 11) is 0. The van der Waals surface area contributed by atoms with E-state index >= 15 is 0 Å². The van der Waals surface area contributed by atoms with Gasteiger partial charge < -0.3 is 122 Å². The van der Waals surface area contributed by atoms with E-state index < -0.39 is 220 Å². The van der Waals surface area contributed by atoms with E-state index in [4.69, 9.17) is 90.0 Å². The van der Waals surface area contributed by atoms with E-state index in [0.29, 0.717) is 11.3 Å². The van der Waals surface area contributed by atoms with Crippen LogP contribution in [0.15, 0.2) is 54.6 Å². The number of esters is 9. The van der Waals surface area contributed by atoms with Crippen LogP contribution >= 0.6 is 0 Å². The number of rotatable bonds is 47. The molecule has 3 aliphatic heterocycles. The summed E-state index contributed by atoms with van der Waals surface area (Å²) in [6.07, 6.45) is -16.3. The van der Waals surface area contributed by atoms with Crippen LogP contribution in [-0.4, -0.2) is 304 Å². The summed E-state index contributed by atoms with van der Waals surface area (Å²) in [4.78, 5) is 192. The number of nitrogens with one attached hydrogen (secondary N) is 6. The Morgan fingerprint density at radius 3 is 1.00 bits per heavy atom. The van der Waals surface area contributed by atoms with Crippen molar-refractivity contribution in [2.24, 2.45) is 0 Å². The molecule has 3 heterocycles. The molecule has 0 aliphatic carbocycles. The molecule has 6 N–H and O–H groups in total. The fourth-order valence-electron chi connectivity index (χ4n) is 12.0. The highest BCUT2D eigenvalue weighted by Gasteiger charge is 2.54. The van der Waals surface area contributed by atoms with Crippen LogP contribution in [0.3, 0.4) is 0 Å². The van der Waals surface area contributed by atoms with Crippen molar-refractivity contribution < 1.29 is 162 Å². The molecule has 6 amide bonds. The first-order chi connectivity index (χ1) is 54.7. The molecule has 3 fully saturated rings. The molecule has 41 heteroatoms. The SMILES string of the molecule is CC(=O)NC1C(OCCOCCNC(=O)CN(CC(=O)NCCOCCOC2OC(COC(C)=O)C(OC(C)=O)C(OC(C)=O)C2NC(C)=O)C(Cc2ccc(OCc3ccccc3)cc2)C(=O)NCCOCCOC2OC(COC(C)=O)C(OC(C)=O)C(OC(C)=O)C2NC(C)=O)OC(COC(C)=O)C(OC(C)=O)C1OC(C)=O. The third kappa shape index (κ3) is 35.7. The Morgan fingerprint density at radius 1 is 0.365 bits per heavy atom. The van der Waals surface area contributed by atoms with Crippen molar-refractivity contribution in [3.8, 4) is 5.75 Å². The zero-order chi connectivity index (χ0) is 84.7. The molecule has 0 saturated carbocycles. The molecule has 3 saturated heterocycles. The molecule has 41 nitrogen and oxygen atoms in total.